The summed E-state index contributed by atoms with van der Waals surface area (Å²) >= 11 is 5.95. The molecule has 0 unspecified atom stereocenters. The van der Waals surface area contributed by atoms with E-state index in [1.165, 1.54) is 0 Å². The van der Waals surface area contributed by atoms with Crippen molar-refractivity contribution in [3.8, 4) is 0 Å². The van der Waals surface area contributed by atoms with Crippen molar-refractivity contribution in [1.82, 2.24) is 15.1 Å². The zero-order chi connectivity index (χ0) is 19.0. The zero-order valence-electron chi connectivity index (χ0n) is 15.9. The van der Waals surface area contributed by atoms with E-state index in [2.05, 4.69) is 10.2 Å². The van der Waals surface area contributed by atoms with E-state index in [1.54, 1.807) is 0 Å². The monoisotopic (exact) mass is 389 g/mol. The van der Waals surface area contributed by atoms with Gasteiger partial charge in [-0.05, 0) is 68.8 Å². The number of benzene rings is 1. The van der Waals surface area contributed by atoms with E-state index in [0.29, 0.717) is 19.0 Å². The maximum atomic E-state index is 12.6. The van der Waals surface area contributed by atoms with Gasteiger partial charge in [0.15, 0.2) is 0 Å². The van der Waals surface area contributed by atoms with Gasteiger partial charge in [-0.25, -0.2) is 0 Å². The second-order valence-corrected chi connectivity index (χ2v) is 8.98. The number of hydrogen-bond acceptors (Lipinski definition) is 3. The Morgan fingerprint density at radius 2 is 1.93 bits per heavy atom. The molecule has 1 saturated carbocycles. The van der Waals surface area contributed by atoms with Crippen LogP contribution in [0.4, 0.5) is 0 Å². The largest absolute Gasteiger partial charge is 0.352 e. The number of nitrogens with one attached hydrogen (secondary N) is 1. The lowest BCUT2D eigenvalue weighted by Gasteiger charge is -2.40. The third kappa shape index (κ3) is 4.30. The number of halogens is 1. The van der Waals surface area contributed by atoms with Crippen LogP contribution in [-0.2, 0) is 16.1 Å². The van der Waals surface area contributed by atoms with Crippen molar-refractivity contribution in [1.29, 1.82) is 0 Å². The maximum absolute atomic E-state index is 12.6. The molecule has 6 heteroatoms. The van der Waals surface area contributed by atoms with Gasteiger partial charge >= 0.3 is 0 Å². The number of carbonyl (C=O) groups excluding carboxylic acids is 2. The molecule has 2 heterocycles. The summed E-state index contributed by atoms with van der Waals surface area (Å²) in [5, 5.41) is 3.82. The second-order valence-electron chi connectivity index (χ2n) is 8.55. The average Bonchev–Trinajstić information content (AvgIpc) is 3.41. The van der Waals surface area contributed by atoms with Gasteiger partial charge in [0.1, 0.15) is 0 Å². The molecule has 2 saturated heterocycles. The SMILES string of the molecule is C[C@@H](C(=O)NC1CC1)N1CCC2(CC1)CC(=O)N(Cc1ccc(Cl)cc1)C2. The fourth-order valence-electron chi connectivity index (χ4n) is 4.37. The fraction of sp³-hybridized carbons (Fsp3) is 0.619. The minimum Gasteiger partial charge on any atom is -0.352 e. The van der Waals surface area contributed by atoms with Crippen LogP contribution in [0.15, 0.2) is 24.3 Å². The molecule has 4 rings (SSSR count). The molecule has 3 fully saturated rings. The topological polar surface area (TPSA) is 52.7 Å². The van der Waals surface area contributed by atoms with Crippen LogP contribution in [0.1, 0.15) is 44.6 Å². The number of nitrogens with zero attached hydrogens (tertiary/aromatic N) is 2. The quantitative estimate of drug-likeness (QED) is 0.842. The standard InChI is InChI=1S/C21H28ClN3O2/c1-15(20(27)23-18-6-7-18)24-10-8-21(9-11-24)12-19(26)25(14-21)13-16-2-4-17(22)5-3-16/h2-5,15,18H,6-14H2,1H3,(H,23,27)/t15-/m0/s1. The molecule has 1 aromatic rings. The van der Waals surface area contributed by atoms with E-state index < -0.39 is 0 Å². The summed E-state index contributed by atoms with van der Waals surface area (Å²) in [5.41, 5.74) is 1.19. The van der Waals surface area contributed by atoms with Gasteiger partial charge in [-0.1, -0.05) is 23.7 Å². The Hall–Kier alpha value is -1.59. The van der Waals surface area contributed by atoms with E-state index in [0.717, 1.165) is 55.9 Å². The molecule has 1 spiro atoms. The molecular weight excluding hydrogens is 362 g/mol. The number of amides is 2. The number of piperidine rings is 1. The Balaban J connectivity index is 1.32. The molecule has 2 amide bonds. The summed E-state index contributed by atoms with van der Waals surface area (Å²) in [6.07, 6.45) is 4.84. The first-order valence-electron chi connectivity index (χ1n) is 10.0. The summed E-state index contributed by atoms with van der Waals surface area (Å²) in [6.45, 7) is 5.26. The van der Waals surface area contributed by atoms with Crippen LogP contribution < -0.4 is 5.32 Å². The van der Waals surface area contributed by atoms with E-state index in [4.69, 9.17) is 11.6 Å². The van der Waals surface area contributed by atoms with E-state index >= 15 is 0 Å². The van der Waals surface area contributed by atoms with Gasteiger partial charge < -0.3 is 10.2 Å². The molecule has 0 radical (unpaired) electrons. The first-order valence-corrected chi connectivity index (χ1v) is 10.4. The molecule has 1 N–H and O–H groups in total. The highest BCUT2D eigenvalue weighted by molar-refractivity contribution is 6.30. The molecule has 3 aliphatic rings. The van der Waals surface area contributed by atoms with Crippen LogP contribution >= 0.6 is 11.6 Å². The van der Waals surface area contributed by atoms with Crippen molar-refractivity contribution in [3.63, 3.8) is 0 Å². The van der Waals surface area contributed by atoms with Gasteiger partial charge in [0.25, 0.3) is 0 Å². The van der Waals surface area contributed by atoms with Gasteiger partial charge in [0.2, 0.25) is 11.8 Å². The molecule has 0 aromatic heterocycles. The van der Waals surface area contributed by atoms with Gasteiger partial charge in [0.05, 0.1) is 6.04 Å². The highest BCUT2D eigenvalue weighted by Crippen LogP contribution is 2.42. The fourth-order valence-corrected chi connectivity index (χ4v) is 4.50. The van der Waals surface area contributed by atoms with Crippen LogP contribution in [0.3, 0.4) is 0 Å². The summed E-state index contributed by atoms with van der Waals surface area (Å²) in [4.78, 5) is 29.2. The van der Waals surface area contributed by atoms with Gasteiger partial charge in [0, 0.05) is 30.6 Å². The van der Waals surface area contributed by atoms with Crippen LogP contribution in [0.5, 0.6) is 0 Å². The first-order chi connectivity index (χ1) is 12.9. The third-order valence-corrected chi connectivity index (χ3v) is 6.65. The normalized spacial score (nSPS) is 23.6. The minimum absolute atomic E-state index is 0.0761. The van der Waals surface area contributed by atoms with Crippen molar-refractivity contribution in [2.45, 2.75) is 57.7 Å². The van der Waals surface area contributed by atoms with Gasteiger partial charge in [-0.3, -0.25) is 14.5 Å². The Bertz CT molecular complexity index is 709. The number of hydrogen-bond donors (Lipinski definition) is 1. The van der Waals surface area contributed by atoms with E-state index in [-0.39, 0.29) is 23.3 Å². The smallest absolute Gasteiger partial charge is 0.237 e. The number of rotatable bonds is 5. The van der Waals surface area contributed by atoms with E-state index in [1.807, 2.05) is 36.1 Å². The molecule has 1 aromatic carbocycles. The lowest BCUT2D eigenvalue weighted by atomic mass is 9.77. The van der Waals surface area contributed by atoms with Crippen molar-refractivity contribution < 1.29 is 9.59 Å². The lowest BCUT2D eigenvalue weighted by Crippen LogP contribution is -2.51. The van der Waals surface area contributed by atoms with Crippen molar-refractivity contribution in [3.05, 3.63) is 34.9 Å². The number of carbonyl (C=O) groups is 2. The first kappa shape index (κ1) is 18.8. The molecule has 1 aliphatic carbocycles. The van der Waals surface area contributed by atoms with Crippen LogP contribution in [0.2, 0.25) is 5.02 Å². The van der Waals surface area contributed by atoms with Gasteiger partial charge in [-0.15, -0.1) is 0 Å². The maximum Gasteiger partial charge on any atom is 0.237 e. The van der Waals surface area contributed by atoms with Crippen LogP contribution in [0, 0.1) is 5.41 Å². The second kappa shape index (κ2) is 7.44. The lowest BCUT2D eigenvalue weighted by molar-refractivity contribution is -0.129. The summed E-state index contributed by atoms with van der Waals surface area (Å²) in [7, 11) is 0. The van der Waals surface area contributed by atoms with Crippen molar-refractivity contribution >= 4 is 23.4 Å². The molecule has 2 aliphatic heterocycles. The predicted molar refractivity (Wildman–Crippen MR) is 105 cm³/mol. The minimum atomic E-state index is -0.0785. The van der Waals surface area contributed by atoms with Gasteiger partial charge in [-0.2, -0.15) is 0 Å². The highest BCUT2D eigenvalue weighted by Gasteiger charge is 2.45. The highest BCUT2D eigenvalue weighted by atomic mass is 35.5. The Morgan fingerprint density at radius 1 is 1.26 bits per heavy atom. The third-order valence-electron chi connectivity index (χ3n) is 6.40. The Kier molecular flexibility index (Phi) is 5.17. The molecule has 1 atom stereocenters. The van der Waals surface area contributed by atoms with E-state index in [9.17, 15) is 9.59 Å². The molecular formula is C21H28ClN3O2. The molecule has 5 nitrogen and oxygen atoms in total. The zero-order valence-corrected chi connectivity index (χ0v) is 16.7. The van der Waals surface area contributed by atoms with Crippen molar-refractivity contribution in [2.24, 2.45) is 5.41 Å². The van der Waals surface area contributed by atoms with Crippen LogP contribution in [0.25, 0.3) is 0 Å². The molecule has 0 bridgehead atoms. The summed E-state index contributed by atoms with van der Waals surface area (Å²) in [6, 6.07) is 8.06. The summed E-state index contributed by atoms with van der Waals surface area (Å²) < 4.78 is 0. The number of likely N-dealkylation sites (tertiary alicyclic amines) is 2. The molecule has 27 heavy (non-hydrogen) atoms. The molecule has 146 valence electrons. The Labute approximate surface area is 166 Å². The predicted octanol–water partition coefficient (Wildman–Crippen LogP) is 2.82. The average molecular weight is 390 g/mol. The van der Waals surface area contributed by atoms with Crippen LogP contribution in [-0.4, -0.2) is 53.3 Å². The van der Waals surface area contributed by atoms with Crippen molar-refractivity contribution in [2.75, 3.05) is 19.6 Å². The summed E-state index contributed by atoms with van der Waals surface area (Å²) in [5.74, 6) is 0.401. The Morgan fingerprint density at radius 3 is 2.56 bits per heavy atom.